The molecule has 0 radical (unpaired) electrons. The molecule has 0 saturated heterocycles. The minimum Gasteiger partial charge on any atom is -0.235 e. The Bertz CT molecular complexity index is 1170. The van der Waals surface area contributed by atoms with Crippen LogP contribution < -0.4 is 0 Å². The first-order valence-electron chi connectivity index (χ1n) is 7.82. The molecule has 0 aliphatic rings. The summed E-state index contributed by atoms with van der Waals surface area (Å²) in [5.74, 6) is 0. The molecular formula is C20H12ClN3S2. The Hall–Kier alpha value is -2.52. The number of nitrogens with zero attached hydrogens (tertiary/aromatic N) is 3. The monoisotopic (exact) mass is 393 g/mol. The number of nitriles is 1. The number of aryl methyl sites for hydroxylation is 1. The van der Waals surface area contributed by atoms with E-state index in [-0.39, 0.29) is 0 Å². The van der Waals surface area contributed by atoms with Crippen LogP contribution in [0.15, 0.2) is 47.2 Å². The van der Waals surface area contributed by atoms with Crippen LogP contribution in [0.4, 0.5) is 0 Å². The first-order chi connectivity index (χ1) is 12.6. The Balaban J connectivity index is 1.76. The molecule has 0 saturated carbocycles. The molecule has 126 valence electrons. The van der Waals surface area contributed by atoms with Gasteiger partial charge in [-0.15, -0.1) is 22.7 Å². The van der Waals surface area contributed by atoms with Crippen molar-refractivity contribution in [1.82, 2.24) is 9.97 Å². The Morgan fingerprint density at radius 1 is 1.19 bits per heavy atom. The van der Waals surface area contributed by atoms with Gasteiger partial charge in [0.1, 0.15) is 16.2 Å². The van der Waals surface area contributed by atoms with Crippen LogP contribution in [0.1, 0.15) is 16.1 Å². The number of rotatable bonds is 3. The SMILES string of the molecule is Cc1ccc2cc(C=C(C#N)c3nc(-c4cccs4)cs3)c(Cl)nc2c1. The third-order valence-electron chi connectivity index (χ3n) is 3.88. The zero-order valence-corrected chi connectivity index (χ0v) is 16.1. The predicted octanol–water partition coefficient (Wildman–Crippen LogP) is 6.45. The number of thiophene rings is 1. The molecule has 3 heterocycles. The predicted molar refractivity (Wildman–Crippen MR) is 110 cm³/mol. The molecule has 6 heteroatoms. The maximum Gasteiger partial charge on any atom is 0.137 e. The number of hydrogen-bond donors (Lipinski definition) is 0. The zero-order valence-electron chi connectivity index (χ0n) is 13.7. The highest BCUT2D eigenvalue weighted by Gasteiger charge is 2.11. The van der Waals surface area contributed by atoms with Crippen LogP contribution in [0.3, 0.4) is 0 Å². The van der Waals surface area contributed by atoms with Crippen molar-refractivity contribution in [1.29, 1.82) is 5.26 Å². The third kappa shape index (κ3) is 3.27. The van der Waals surface area contributed by atoms with Gasteiger partial charge in [-0.1, -0.05) is 29.8 Å². The summed E-state index contributed by atoms with van der Waals surface area (Å²) < 4.78 is 0. The van der Waals surface area contributed by atoms with Crippen molar-refractivity contribution in [2.75, 3.05) is 0 Å². The molecule has 0 aliphatic heterocycles. The van der Waals surface area contributed by atoms with Gasteiger partial charge < -0.3 is 0 Å². The van der Waals surface area contributed by atoms with Gasteiger partial charge in [-0.05, 0) is 42.1 Å². The van der Waals surface area contributed by atoms with Crippen LogP contribution in [0.5, 0.6) is 0 Å². The minimum atomic E-state index is 0.380. The largest absolute Gasteiger partial charge is 0.235 e. The third-order valence-corrected chi connectivity index (χ3v) is 5.95. The van der Waals surface area contributed by atoms with E-state index in [9.17, 15) is 5.26 Å². The van der Waals surface area contributed by atoms with Crippen molar-refractivity contribution in [3.63, 3.8) is 0 Å². The van der Waals surface area contributed by atoms with E-state index >= 15 is 0 Å². The number of benzene rings is 1. The van der Waals surface area contributed by atoms with E-state index in [1.807, 2.05) is 54.1 Å². The summed E-state index contributed by atoms with van der Waals surface area (Å²) in [6.45, 7) is 2.02. The normalized spacial score (nSPS) is 11.7. The molecule has 3 nitrogen and oxygen atoms in total. The van der Waals surface area contributed by atoms with E-state index in [2.05, 4.69) is 16.0 Å². The molecule has 3 aromatic heterocycles. The van der Waals surface area contributed by atoms with Crippen LogP contribution in [-0.4, -0.2) is 9.97 Å². The second-order valence-electron chi connectivity index (χ2n) is 5.75. The molecule has 1 aromatic carbocycles. The molecule has 0 spiro atoms. The number of fused-ring (bicyclic) bond motifs is 1. The van der Waals surface area contributed by atoms with E-state index < -0.39 is 0 Å². The van der Waals surface area contributed by atoms with Crippen molar-refractivity contribution in [3.05, 3.63) is 68.4 Å². The molecule has 0 N–H and O–H groups in total. The van der Waals surface area contributed by atoms with Gasteiger partial charge in [0.2, 0.25) is 0 Å². The zero-order chi connectivity index (χ0) is 18.1. The highest BCUT2D eigenvalue weighted by atomic mass is 35.5. The lowest BCUT2D eigenvalue weighted by Gasteiger charge is -2.04. The van der Waals surface area contributed by atoms with E-state index in [0.29, 0.717) is 21.3 Å². The molecule has 26 heavy (non-hydrogen) atoms. The average Bonchev–Trinajstić information content (AvgIpc) is 3.31. The first-order valence-corrected chi connectivity index (χ1v) is 9.96. The number of thiazole rings is 1. The van der Waals surface area contributed by atoms with Crippen LogP contribution in [-0.2, 0) is 0 Å². The second kappa shape index (κ2) is 7.00. The standard InChI is InChI=1S/C20H12ClN3S2/c1-12-4-5-13-8-14(19(21)23-16(13)7-12)9-15(10-22)20-24-17(11-26-20)18-3-2-6-25-18/h2-9,11H,1H3. The number of hydrogen-bond acceptors (Lipinski definition) is 5. The van der Waals surface area contributed by atoms with Gasteiger partial charge in [-0.25, -0.2) is 9.97 Å². The van der Waals surface area contributed by atoms with E-state index in [0.717, 1.165) is 27.0 Å². The van der Waals surface area contributed by atoms with Gasteiger partial charge >= 0.3 is 0 Å². The van der Waals surface area contributed by atoms with Gasteiger partial charge in [0.25, 0.3) is 0 Å². The lowest BCUT2D eigenvalue weighted by molar-refractivity contribution is 1.37. The minimum absolute atomic E-state index is 0.380. The molecular weight excluding hydrogens is 382 g/mol. The Morgan fingerprint density at radius 3 is 2.85 bits per heavy atom. The van der Waals surface area contributed by atoms with Crippen LogP contribution >= 0.6 is 34.3 Å². The van der Waals surface area contributed by atoms with Crippen LogP contribution in [0.25, 0.3) is 33.1 Å². The number of aromatic nitrogens is 2. The molecule has 0 unspecified atom stereocenters. The van der Waals surface area contributed by atoms with Gasteiger partial charge in [0.05, 0.1) is 21.7 Å². The average molecular weight is 394 g/mol. The van der Waals surface area contributed by atoms with E-state index in [1.165, 1.54) is 11.3 Å². The lowest BCUT2D eigenvalue weighted by atomic mass is 10.1. The van der Waals surface area contributed by atoms with E-state index in [1.54, 1.807) is 17.4 Å². The van der Waals surface area contributed by atoms with Gasteiger partial charge in [0, 0.05) is 16.3 Å². The van der Waals surface area contributed by atoms with E-state index in [4.69, 9.17) is 11.6 Å². The molecule has 4 rings (SSSR count). The Morgan fingerprint density at radius 2 is 2.08 bits per heavy atom. The van der Waals surface area contributed by atoms with Crippen molar-refractivity contribution < 1.29 is 0 Å². The highest BCUT2D eigenvalue weighted by Crippen LogP contribution is 2.31. The summed E-state index contributed by atoms with van der Waals surface area (Å²) >= 11 is 9.43. The summed E-state index contributed by atoms with van der Waals surface area (Å²) in [5.41, 5.74) is 4.06. The lowest BCUT2D eigenvalue weighted by Crippen LogP contribution is -1.87. The molecule has 0 bridgehead atoms. The fourth-order valence-electron chi connectivity index (χ4n) is 2.60. The number of pyridine rings is 1. The highest BCUT2D eigenvalue weighted by molar-refractivity contribution is 7.14. The summed E-state index contributed by atoms with van der Waals surface area (Å²) in [6.07, 6.45) is 1.76. The fraction of sp³-hybridized carbons (Fsp3) is 0.0500. The molecule has 0 amide bonds. The summed E-state index contributed by atoms with van der Waals surface area (Å²) in [7, 11) is 0. The number of allylic oxidation sites excluding steroid dienone is 1. The quantitative estimate of drug-likeness (QED) is 0.297. The summed E-state index contributed by atoms with van der Waals surface area (Å²) in [6, 6.07) is 14.2. The Kier molecular flexibility index (Phi) is 4.56. The van der Waals surface area contributed by atoms with Crippen LogP contribution in [0, 0.1) is 18.3 Å². The van der Waals surface area contributed by atoms with Crippen molar-refractivity contribution in [2.45, 2.75) is 6.92 Å². The van der Waals surface area contributed by atoms with Crippen molar-refractivity contribution in [2.24, 2.45) is 0 Å². The van der Waals surface area contributed by atoms with Crippen molar-refractivity contribution in [3.8, 4) is 16.6 Å². The Labute approximate surface area is 163 Å². The van der Waals surface area contributed by atoms with Gasteiger partial charge in [0.15, 0.2) is 0 Å². The van der Waals surface area contributed by atoms with Crippen molar-refractivity contribution >= 4 is 56.8 Å². The van der Waals surface area contributed by atoms with Crippen LogP contribution in [0.2, 0.25) is 5.15 Å². The molecule has 0 fully saturated rings. The fourth-order valence-corrected chi connectivity index (χ4v) is 4.35. The molecule has 4 aromatic rings. The number of halogens is 1. The maximum atomic E-state index is 9.61. The topological polar surface area (TPSA) is 49.6 Å². The maximum absolute atomic E-state index is 9.61. The van der Waals surface area contributed by atoms with Gasteiger partial charge in [-0.2, -0.15) is 5.26 Å². The summed E-state index contributed by atoms with van der Waals surface area (Å²) in [5, 5.41) is 15.6. The van der Waals surface area contributed by atoms with Gasteiger partial charge in [-0.3, -0.25) is 0 Å². The first kappa shape index (κ1) is 16.9. The smallest absolute Gasteiger partial charge is 0.137 e. The summed E-state index contributed by atoms with van der Waals surface area (Å²) in [4.78, 5) is 10.1. The molecule has 0 aliphatic carbocycles. The molecule has 0 atom stereocenters. The second-order valence-corrected chi connectivity index (χ2v) is 7.91.